The quantitative estimate of drug-likeness (QED) is 0.846. The number of hydrogen-bond donors (Lipinski definition) is 2. The summed E-state index contributed by atoms with van der Waals surface area (Å²) in [5, 5.41) is 6.23. The standard InChI is InChI=1S/C20H27N5O/c1-14(2)19(26)23-17-9-7-16(8-10-17)22-18-13-15(3)21-20(24-18)25-11-5-4-6-12-25/h7-10,13-14H,4-6,11-12H2,1-3H3,(H,23,26)(H,21,22,24). The van der Waals surface area contributed by atoms with Gasteiger partial charge in [-0.2, -0.15) is 4.98 Å². The molecule has 26 heavy (non-hydrogen) atoms. The summed E-state index contributed by atoms with van der Waals surface area (Å²) in [6.07, 6.45) is 3.68. The van der Waals surface area contributed by atoms with E-state index in [4.69, 9.17) is 0 Å². The van der Waals surface area contributed by atoms with Gasteiger partial charge in [-0.1, -0.05) is 13.8 Å². The second kappa shape index (κ2) is 8.17. The first kappa shape index (κ1) is 18.2. The van der Waals surface area contributed by atoms with E-state index >= 15 is 0 Å². The van der Waals surface area contributed by atoms with E-state index in [1.807, 2.05) is 51.1 Å². The molecule has 1 aliphatic heterocycles. The first-order chi connectivity index (χ1) is 12.5. The number of carbonyl (C=O) groups excluding carboxylic acids is 1. The lowest BCUT2D eigenvalue weighted by molar-refractivity contribution is -0.118. The predicted octanol–water partition coefficient (Wildman–Crippen LogP) is 4.11. The number of hydrogen-bond acceptors (Lipinski definition) is 5. The molecule has 138 valence electrons. The summed E-state index contributed by atoms with van der Waals surface area (Å²) in [6.45, 7) is 7.79. The molecule has 1 fully saturated rings. The average Bonchev–Trinajstić information content (AvgIpc) is 2.63. The molecule has 0 unspecified atom stereocenters. The Morgan fingerprint density at radius 2 is 1.69 bits per heavy atom. The maximum Gasteiger partial charge on any atom is 0.227 e. The first-order valence-corrected chi connectivity index (χ1v) is 9.30. The van der Waals surface area contributed by atoms with Gasteiger partial charge in [-0.25, -0.2) is 4.98 Å². The molecule has 2 N–H and O–H groups in total. The molecular weight excluding hydrogens is 326 g/mol. The number of nitrogens with zero attached hydrogens (tertiary/aromatic N) is 3. The van der Waals surface area contributed by atoms with Gasteiger partial charge >= 0.3 is 0 Å². The maximum absolute atomic E-state index is 11.8. The van der Waals surface area contributed by atoms with Crippen LogP contribution in [0.2, 0.25) is 0 Å². The van der Waals surface area contributed by atoms with E-state index in [1.54, 1.807) is 0 Å². The van der Waals surface area contributed by atoms with E-state index in [2.05, 4.69) is 25.5 Å². The molecule has 2 aromatic rings. The fourth-order valence-electron chi connectivity index (χ4n) is 2.92. The van der Waals surface area contributed by atoms with E-state index < -0.39 is 0 Å². The molecule has 6 heteroatoms. The highest BCUT2D eigenvalue weighted by Crippen LogP contribution is 2.22. The fraction of sp³-hybridized carbons (Fsp3) is 0.450. The first-order valence-electron chi connectivity index (χ1n) is 9.30. The Labute approximate surface area is 155 Å². The Hall–Kier alpha value is -2.63. The Kier molecular flexibility index (Phi) is 5.71. The largest absolute Gasteiger partial charge is 0.341 e. The number of carbonyl (C=O) groups is 1. The molecule has 6 nitrogen and oxygen atoms in total. The number of aromatic nitrogens is 2. The van der Waals surface area contributed by atoms with Gasteiger partial charge in [-0.05, 0) is 50.5 Å². The molecule has 0 spiro atoms. The maximum atomic E-state index is 11.8. The number of benzene rings is 1. The lowest BCUT2D eigenvalue weighted by Gasteiger charge is -2.27. The van der Waals surface area contributed by atoms with Gasteiger partial charge in [-0.15, -0.1) is 0 Å². The fourth-order valence-corrected chi connectivity index (χ4v) is 2.92. The summed E-state index contributed by atoms with van der Waals surface area (Å²) >= 11 is 0. The zero-order valence-electron chi connectivity index (χ0n) is 15.7. The second-order valence-electron chi connectivity index (χ2n) is 7.09. The Balaban J connectivity index is 1.70. The number of amides is 1. The monoisotopic (exact) mass is 353 g/mol. The summed E-state index contributed by atoms with van der Waals surface area (Å²) in [5.74, 6) is 1.57. The molecule has 0 bridgehead atoms. The third-order valence-electron chi connectivity index (χ3n) is 4.43. The van der Waals surface area contributed by atoms with E-state index in [-0.39, 0.29) is 11.8 Å². The van der Waals surface area contributed by atoms with Crippen molar-refractivity contribution in [2.24, 2.45) is 5.92 Å². The highest BCUT2D eigenvalue weighted by Gasteiger charge is 2.14. The lowest BCUT2D eigenvalue weighted by atomic mass is 10.1. The van der Waals surface area contributed by atoms with Crippen LogP contribution < -0.4 is 15.5 Å². The summed E-state index contributed by atoms with van der Waals surface area (Å²) in [4.78, 5) is 23.3. The molecular formula is C20H27N5O. The van der Waals surface area contributed by atoms with E-state index in [0.29, 0.717) is 0 Å². The molecule has 3 rings (SSSR count). The number of aryl methyl sites for hydroxylation is 1. The molecule has 1 aliphatic rings. The number of anilines is 4. The van der Waals surface area contributed by atoms with Crippen LogP contribution in [0.4, 0.5) is 23.1 Å². The van der Waals surface area contributed by atoms with Crippen LogP contribution in [0.15, 0.2) is 30.3 Å². The topological polar surface area (TPSA) is 70.2 Å². The molecule has 1 amide bonds. The number of rotatable bonds is 5. The van der Waals surface area contributed by atoms with Crippen LogP contribution in [0.1, 0.15) is 38.8 Å². The van der Waals surface area contributed by atoms with Crippen molar-refractivity contribution in [1.82, 2.24) is 9.97 Å². The van der Waals surface area contributed by atoms with Gasteiger partial charge in [0, 0.05) is 42.1 Å². The van der Waals surface area contributed by atoms with Crippen LogP contribution in [-0.4, -0.2) is 29.0 Å². The van der Waals surface area contributed by atoms with Crippen LogP contribution >= 0.6 is 0 Å². The molecule has 1 aromatic carbocycles. The third-order valence-corrected chi connectivity index (χ3v) is 4.43. The SMILES string of the molecule is Cc1cc(Nc2ccc(NC(=O)C(C)C)cc2)nc(N2CCCCC2)n1. The zero-order valence-corrected chi connectivity index (χ0v) is 15.7. The molecule has 1 saturated heterocycles. The second-order valence-corrected chi connectivity index (χ2v) is 7.09. The smallest absolute Gasteiger partial charge is 0.227 e. The number of nitrogens with one attached hydrogen (secondary N) is 2. The minimum Gasteiger partial charge on any atom is -0.341 e. The Morgan fingerprint density at radius 1 is 1.04 bits per heavy atom. The van der Waals surface area contributed by atoms with Gasteiger partial charge in [0.15, 0.2) is 0 Å². The van der Waals surface area contributed by atoms with Crippen molar-refractivity contribution in [1.29, 1.82) is 0 Å². The molecule has 2 heterocycles. The van der Waals surface area contributed by atoms with Crippen molar-refractivity contribution < 1.29 is 4.79 Å². The van der Waals surface area contributed by atoms with Crippen molar-refractivity contribution >= 4 is 29.0 Å². The van der Waals surface area contributed by atoms with Crippen LogP contribution in [0.5, 0.6) is 0 Å². The minimum atomic E-state index is -0.0370. The van der Waals surface area contributed by atoms with Crippen molar-refractivity contribution in [3.8, 4) is 0 Å². The Bertz CT molecular complexity index is 751. The van der Waals surface area contributed by atoms with Gasteiger partial charge in [0.05, 0.1) is 0 Å². The minimum absolute atomic E-state index is 0.0170. The van der Waals surface area contributed by atoms with Gasteiger partial charge in [-0.3, -0.25) is 4.79 Å². The summed E-state index contributed by atoms with van der Waals surface area (Å²) < 4.78 is 0. The normalized spacial score (nSPS) is 14.4. The number of piperidine rings is 1. The van der Waals surface area contributed by atoms with E-state index in [0.717, 1.165) is 41.9 Å². The van der Waals surface area contributed by atoms with Gasteiger partial charge in [0.1, 0.15) is 5.82 Å². The van der Waals surface area contributed by atoms with Crippen molar-refractivity contribution in [2.75, 3.05) is 28.6 Å². The predicted molar refractivity (Wildman–Crippen MR) is 106 cm³/mol. The van der Waals surface area contributed by atoms with Crippen molar-refractivity contribution in [3.05, 3.63) is 36.0 Å². The zero-order chi connectivity index (χ0) is 18.5. The summed E-state index contributed by atoms with van der Waals surface area (Å²) in [7, 11) is 0. The third kappa shape index (κ3) is 4.71. The molecule has 0 aliphatic carbocycles. The average molecular weight is 353 g/mol. The van der Waals surface area contributed by atoms with Crippen LogP contribution in [-0.2, 0) is 4.79 Å². The van der Waals surface area contributed by atoms with Crippen molar-refractivity contribution in [2.45, 2.75) is 40.0 Å². The van der Waals surface area contributed by atoms with Gasteiger partial charge < -0.3 is 15.5 Å². The van der Waals surface area contributed by atoms with E-state index in [9.17, 15) is 4.79 Å². The Morgan fingerprint density at radius 3 is 2.35 bits per heavy atom. The highest BCUT2D eigenvalue weighted by molar-refractivity contribution is 5.92. The van der Waals surface area contributed by atoms with Crippen LogP contribution in [0.25, 0.3) is 0 Å². The lowest BCUT2D eigenvalue weighted by Crippen LogP contribution is -2.31. The summed E-state index contributed by atoms with van der Waals surface area (Å²) in [6, 6.07) is 9.61. The van der Waals surface area contributed by atoms with Crippen LogP contribution in [0.3, 0.4) is 0 Å². The van der Waals surface area contributed by atoms with Gasteiger partial charge in [0.25, 0.3) is 0 Å². The molecule has 0 radical (unpaired) electrons. The summed E-state index contributed by atoms with van der Waals surface area (Å²) in [5.41, 5.74) is 2.67. The highest BCUT2D eigenvalue weighted by atomic mass is 16.1. The van der Waals surface area contributed by atoms with Gasteiger partial charge in [0.2, 0.25) is 11.9 Å². The molecule has 0 atom stereocenters. The molecule has 1 aromatic heterocycles. The molecule has 0 saturated carbocycles. The van der Waals surface area contributed by atoms with Crippen LogP contribution in [0, 0.1) is 12.8 Å². The van der Waals surface area contributed by atoms with Crippen molar-refractivity contribution in [3.63, 3.8) is 0 Å². The van der Waals surface area contributed by atoms with E-state index in [1.165, 1.54) is 19.3 Å².